The van der Waals surface area contributed by atoms with Crippen LogP contribution in [0.15, 0.2) is 48.5 Å². The Kier molecular flexibility index (Phi) is 7.02. The van der Waals surface area contributed by atoms with Crippen LogP contribution < -0.4 is 15.0 Å². The minimum absolute atomic E-state index is 0.307. The van der Waals surface area contributed by atoms with Gasteiger partial charge < -0.3 is 19.7 Å². The molecule has 0 atom stereocenters. The molecule has 2 aromatic rings. The Bertz CT molecular complexity index is 742. The van der Waals surface area contributed by atoms with Crippen LogP contribution in [0.25, 0.3) is 0 Å². The van der Waals surface area contributed by atoms with Crippen LogP contribution in [0.4, 0.5) is 5.69 Å². The normalized spacial score (nSPS) is 10.1. The molecule has 0 saturated carbocycles. The maximum Gasteiger partial charge on any atom is 0.342 e. The summed E-state index contributed by atoms with van der Waals surface area (Å²) in [6.45, 7) is 2.31. The van der Waals surface area contributed by atoms with E-state index in [1.165, 1.54) is 0 Å². The molecule has 26 heavy (non-hydrogen) atoms. The van der Waals surface area contributed by atoms with Crippen molar-refractivity contribution >= 4 is 17.6 Å². The van der Waals surface area contributed by atoms with E-state index in [0.717, 1.165) is 11.3 Å². The Morgan fingerprint density at radius 2 is 1.73 bits per heavy atom. The van der Waals surface area contributed by atoms with Gasteiger partial charge in [-0.3, -0.25) is 4.79 Å². The van der Waals surface area contributed by atoms with Crippen molar-refractivity contribution in [1.82, 2.24) is 5.32 Å². The highest BCUT2D eigenvalue weighted by atomic mass is 16.5. The van der Waals surface area contributed by atoms with E-state index < -0.39 is 5.97 Å². The third kappa shape index (κ3) is 5.51. The standard InChI is InChI=1S/C20H24N2O4/c1-4-25-18-8-6-5-7-17(18)20(24)26-14-19(23)21-13-15-9-11-16(12-10-15)22(2)3/h5-12H,4,13-14H2,1-3H3,(H,21,23). The number of nitrogens with zero attached hydrogens (tertiary/aromatic N) is 1. The fraction of sp³-hybridized carbons (Fsp3) is 0.300. The highest BCUT2D eigenvalue weighted by Crippen LogP contribution is 2.18. The van der Waals surface area contributed by atoms with Crippen molar-refractivity contribution in [3.8, 4) is 5.75 Å². The second kappa shape index (κ2) is 9.46. The summed E-state index contributed by atoms with van der Waals surface area (Å²) in [5.74, 6) is -0.496. The van der Waals surface area contributed by atoms with Gasteiger partial charge >= 0.3 is 5.97 Å². The first kappa shape index (κ1) is 19.3. The minimum Gasteiger partial charge on any atom is -0.493 e. The molecule has 1 amide bonds. The van der Waals surface area contributed by atoms with E-state index in [0.29, 0.717) is 24.5 Å². The molecule has 0 bridgehead atoms. The summed E-state index contributed by atoms with van der Waals surface area (Å²) in [4.78, 5) is 26.0. The third-order valence-electron chi connectivity index (χ3n) is 3.68. The van der Waals surface area contributed by atoms with Crippen molar-refractivity contribution < 1.29 is 19.1 Å². The van der Waals surface area contributed by atoms with Gasteiger partial charge in [0, 0.05) is 26.3 Å². The summed E-state index contributed by atoms with van der Waals surface area (Å²) >= 11 is 0. The second-order valence-electron chi connectivity index (χ2n) is 5.84. The molecule has 0 radical (unpaired) electrons. The molecule has 138 valence electrons. The zero-order chi connectivity index (χ0) is 18.9. The molecule has 6 nitrogen and oxygen atoms in total. The monoisotopic (exact) mass is 356 g/mol. The van der Waals surface area contributed by atoms with Crippen LogP contribution in [0.1, 0.15) is 22.8 Å². The van der Waals surface area contributed by atoms with E-state index in [9.17, 15) is 9.59 Å². The zero-order valence-corrected chi connectivity index (χ0v) is 15.3. The van der Waals surface area contributed by atoms with Crippen molar-refractivity contribution in [3.05, 3.63) is 59.7 Å². The van der Waals surface area contributed by atoms with E-state index in [4.69, 9.17) is 9.47 Å². The molecule has 0 unspecified atom stereocenters. The predicted octanol–water partition coefficient (Wildman–Crippen LogP) is 2.62. The predicted molar refractivity (Wildman–Crippen MR) is 101 cm³/mol. The Morgan fingerprint density at radius 3 is 2.38 bits per heavy atom. The number of para-hydroxylation sites is 1. The average Bonchev–Trinajstić information content (AvgIpc) is 2.65. The van der Waals surface area contributed by atoms with Gasteiger partial charge in [0.2, 0.25) is 0 Å². The maximum absolute atomic E-state index is 12.1. The number of rotatable bonds is 8. The van der Waals surface area contributed by atoms with E-state index in [1.54, 1.807) is 24.3 Å². The molecule has 0 aliphatic carbocycles. The smallest absolute Gasteiger partial charge is 0.342 e. The lowest BCUT2D eigenvalue weighted by Crippen LogP contribution is -2.28. The Labute approximate surface area is 153 Å². The van der Waals surface area contributed by atoms with Gasteiger partial charge in [-0.2, -0.15) is 0 Å². The molecule has 2 aromatic carbocycles. The van der Waals surface area contributed by atoms with Gasteiger partial charge in [0.05, 0.1) is 6.61 Å². The lowest BCUT2D eigenvalue weighted by molar-refractivity contribution is -0.124. The van der Waals surface area contributed by atoms with Crippen molar-refractivity contribution in [1.29, 1.82) is 0 Å². The first-order chi connectivity index (χ1) is 12.5. The van der Waals surface area contributed by atoms with Crippen LogP contribution in [-0.4, -0.2) is 39.2 Å². The summed E-state index contributed by atoms with van der Waals surface area (Å²) in [5, 5.41) is 2.73. The Morgan fingerprint density at radius 1 is 1.04 bits per heavy atom. The van der Waals surface area contributed by atoms with Crippen molar-refractivity contribution in [2.45, 2.75) is 13.5 Å². The van der Waals surface area contributed by atoms with E-state index >= 15 is 0 Å². The summed E-state index contributed by atoms with van der Waals surface area (Å²) in [5.41, 5.74) is 2.36. The summed E-state index contributed by atoms with van der Waals surface area (Å²) < 4.78 is 10.5. The molecule has 0 aliphatic rings. The van der Waals surface area contributed by atoms with Crippen LogP contribution >= 0.6 is 0 Å². The van der Waals surface area contributed by atoms with E-state index in [1.807, 2.05) is 50.2 Å². The number of carbonyl (C=O) groups excluding carboxylic acids is 2. The Hall–Kier alpha value is -3.02. The first-order valence-corrected chi connectivity index (χ1v) is 8.43. The zero-order valence-electron chi connectivity index (χ0n) is 15.3. The van der Waals surface area contributed by atoms with Crippen LogP contribution in [0.2, 0.25) is 0 Å². The first-order valence-electron chi connectivity index (χ1n) is 8.43. The topological polar surface area (TPSA) is 67.9 Å². The van der Waals surface area contributed by atoms with E-state index in [2.05, 4.69) is 5.32 Å². The van der Waals surface area contributed by atoms with Crippen molar-refractivity contribution in [2.24, 2.45) is 0 Å². The van der Waals surface area contributed by atoms with Crippen LogP contribution in [-0.2, 0) is 16.1 Å². The van der Waals surface area contributed by atoms with Crippen LogP contribution in [0, 0.1) is 0 Å². The van der Waals surface area contributed by atoms with Gasteiger partial charge in [0.25, 0.3) is 5.91 Å². The number of carbonyl (C=O) groups is 2. The number of ether oxygens (including phenoxy) is 2. The van der Waals surface area contributed by atoms with E-state index in [-0.39, 0.29) is 12.5 Å². The van der Waals surface area contributed by atoms with Gasteiger partial charge in [0.1, 0.15) is 11.3 Å². The molecule has 1 N–H and O–H groups in total. The Balaban J connectivity index is 1.82. The lowest BCUT2D eigenvalue weighted by Gasteiger charge is -2.13. The molecule has 0 fully saturated rings. The summed E-state index contributed by atoms with van der Waals surface area (Å²) in [6.07, 6.45) is 0. The highest BCUT2D eigenvalue weighted by Gasteiger charge is 2.14. The summed E-state index contributed by atoms with van der Waals surface area (Å²) in [7, 11) is 3.93. The van der Waals surface area contributed by atoms with Gasteiger partial charge in [0.15, 0.2) is 6.61 Å². The van der Waals surface area contributed by atoms with Crippen LogP contribution in [0.3, 0.4) is 0 Å². The maximum atomic E-state index is 12.1. The molecule has 0 aliphatic heterocycles. The van der Waals surface area contributed by atoms with Gasteiger partial charge in [-0.1, -0.05) is 24.3 Å². The molecule has 0 spiro atoms. The molecule has 0 aromatic heterocycles. The molecular formula is C20H24N2O4. The fourth-order valence-corrected chi connectivity index (χ4v) is 2.29. The number of amides is 1. The van der Waals surface area contributed by atoms with Gasteiger partial charge in [-0.15, -0.1) is 0 Å². The SMILES string of the molecule is CCOc1ccccc1C(=O)OCC(=O)NCc1ccc(N(C)C)cc1. The lowest BCUT2D eigenvalue weighted by atomic mass is 10.2. The van der Waals surface area contributed by atoms with Crippen LogP contribution in [0.5, 0.6) is 5.75 Å². The van der Waals surface area contributed by atoms with Crippen molar-refractivity contribution in [3.63, 3.8) is 0 Å². The minimum atomic E-state index is -0.584. The second-order valence-corrected chi connectivity index (χ2v) is 5.84. The molecular weight excluding hydrogens is 332 g/mol. The quantitative estimate of drug-likeness (QED) is 0.737. The largest absolute Gasteiger partial charge is 0.493 e. The molecule has 0 saturated heterocycles. The average molecular weight is 356 g/mol. The van der Waals surface area contributed by atoms with Crippen molar-refractivity contribution in [2.75, 3.05) is 32.2 Å². The number of nitrogens with one attached hydrogen (secondary N) is 1. The number of benzene rings is 2. The number of esters is 1. The molecule has 6 heteroatoms. The summed E-state index contributed by atoms with van der Waals surface area (Å²) in [6, 6.07) is 14.6. The third-order valence-corrected chi connectivity index (χ3v) is 3.68. The van der Waals surface area contributed by atoms with Gasteiger partial charge in [-0.05, 0) is 36.8 Å². The highest BCUT2D eigenvalue weighted by molar-refractivity contribution is 5.93. The van der Waals surface area contributed by atoms with Gasteiger partial charge in [-0.25, -0.2) is 4.79 Å². The number of hydrogen-bond acceptors (Lipinski definition) is 5. The molecule has 2 rings (SSSR count). The fourth-order valence-electron chi connectivity index (χ4n) is 2.29. The number of hydrogen-bond donors (Lipinski definition) is 1. The number of anilines is 1. The molecule has 0 heterocycles.